The summed E-state index contributed by atoms with van der Waals surface area (Å²) in [6.45, 7) is 5.22. The molecular weight excluding hydrogens is 256 g/mol. The molecule has 0 fully saturated rings. The van der Waals surface area contributed by atoms with E-state index < -0.39 is 5.97 Å². The SMILES string of the molecule is Cc1cc(C)nc(-n2nc(C)c(C(=O)O)c2Cl)n1. The summed E-state index contributed by atoms with van der Waals surface area (Å²) in [5.74, 6) is -0.846. The van der Waals surface area contributed by atoms with Crippen LogP contribution in [0.2, 0.25) is 5.15 Å². The summed E-state index contributed by atoms with van der Waals surface area (Å²) in [5, 5.41) is 13.1. The fraction of sp³-hybridized carbons (Fsp3) is 0.273. The van der Waals surface area contributed by atoms with Gasteiger partial charge in [-0.25, -0.2) is 14.8 Å². The first-order valence-corrected chi connectivity index (χ1v) is 5.59. The first-order chi connectivity index (χ1) is 8.40. The van der Waals surface area contributed by atoms with Crippen LogP contribution in [0.25, 0.3) is 5.95 Å². The molecule has 0 aliphatic heterocycles. The number of aromatic carboxylic acids is 1. The molecule has 0 spiro atoms. The smallest absolute Gasteiger partial charge is 0.340 e. The second kappa shape index (κ2) is 4.38. The number of carbonyl (C=O) groups is 1. The molecule has 94 valence electrons. The van der Waals surface area contributed by atoms with Gasteiger partial charge in [0, 0.05) is 11.4 Å². The Morgan fingerprint density at radius 2 is 1.83 bits per heavy atom. The summed E-state index contributed by atoms with van der Waals surface area (Å²) in [6, 6.07) is 1.81. The predicted molar refractivity (Wildman–Crippen MR) is 65.3 cm³/mol. The van der Waals surface area contributed by atoms with Gasteiger partial charge in [0.05, 0.1) is 5.69 Å². The monoisotopic (exact) mass is 266 g/mol. The molecule has 18 heavy (non-hydrogen) atoms. The Bertz CT molecular complexity index is 616. The second-order valence-corrected chi connectivity index (χ2v) is 4.28. The van der Waals surface area contributed by atoms with E-state index in [-0.39, 0.29) is 16.7 Å². The number of nitrogens with zero attached hydrogens (tertiary/aromatic N) is 4. The quantitative estimate of drug-likeness (QED) is 0.898. The molecule has 0 bridgehead atoms. The highest BCUT2D eigenvalue weighted by atomic mass is 35.5. The van der Waals surface area contributed by atoms with Crippen LogP contribution in [0.15, 0.2) is 6.07 Å². The van der Waals surface area contributed by atoms with Crippen LogP contribution in [0.4, 0.5) is 0 Å². The molecule has 0 unspecified atom stereocenters. The Hall–Kier alpha value is -1.95. The van der Waals surface area contributed by atoms with Crippen molar-refractivity contribution in [1.29, 1.82) is 0 Å². The molecular formula is C11H11ClN4O2. The molecule has 2 aromatic rings. The van der Waals surface area contributed by atoms with E-state index in [0.717, 1.165) is 11.4 Å². The van der Waals surface area contributed by atoms with Gasteiger partial charge < -0.3 is 5.11 Å². The summed E-state index contributed by atoms with van der Waals surface area (Å²) in [4.78, 5) is 19.4. The fourth-order valence-electron chi connectivity index (χ4n) is 1.68. The highest BCUT2D eigenvalue weighted by Gasteiger charge is 2.21. The molecule has 0 atom stereocenters. The van der Waals surface area contributed by atoms with Gasteiger partial charge in [-0.05, 0) is 26.8 Å². The summed E-state index contributed by atoms with van der Waals surface area (Å²) >= 11 is 6.00. The molecule has 0 aliphatic carbocycles. The maximum atomic E-state index is 11.0. The van der Waals surface area contributed by atoms with E-state index >= 15 is 0 Å². The van der Waals surface area contributed by atoms with Crippen molar-refractivity contribution in [3.8, 4) is 5.95 Å². The zero-order valence-electron chi connectivity index (χ0n) is 10.1. The minimum Gasteiger partial charge on any atom is -0.478 e. The number of carboxylic acids is 1. The van der Waals surface area contributed by atoms with E-state index in [2.05, 4.69) is 15.1 Å². The lowest BCUT2D eigenvalue weighted by Crippen LogP contribution is -2.06. The van der Waals surface area contributed by atoms with Crippen LogP contribution in [0.1, 0.15) is 27.4 Å². The summed E-state index contributed by atoms with van der Waals surface area (Å²) < 4.78 is 1.24. The van der Waals surface area contributed by atoms with Crippen molar-refractivity contribution < 1.29 is 9.90 Å². The van der Waals surface area contributed by atoms with Crippen LogP contribution in [0.5, 0.6) is 0 Å². The van der Waals surface area contributed by atoms with Crippen molar-refractivity contribution in [3.63, 3.8) is 0 Å². The van der Waals surface area contributed by atoms with Gasteiger partial charge in [0.25, 0.3) is 5.95 Å². The van der Waals surface area contributed by atoms with E-state index in [1.54, 1.807) is 6.92 Å². The number of aromatic nitrogens is 4. The van der Waals surface area contributed by atoms with E-state index in [0.29, 0.717) is 5.69 Å². The van der Waals surface area contributed by atoms with Crippen LogP contribution in [0, 0.1) is 20.8 Å². The van der Waals surface area contributed by atoms with Crippen LogP contribution in [-0.2, 0) is 0 Å². The molecule has 0 saturated carbocycles. The Kier molecular flexibility index (Phi) is 3.04. The van der Waals surface area contributed by atoms with Crippen LogP contribution >= 0.6 is 11.6 Å². The van der Waals surface area contributed by atoms with E-state index in [1.807, 2.05) is 19.9 Å². The number of hydrogen-bond donors (Lipinski definition) is 1. The number of rotatable bonds is 2. The summed E-state index contributed by atoms with van der Waals surface area (Å²) in [7, 11) is 0. The maximum Gasteiger partial charge on any atom is 0.340 e. The normalized spacial score (nSPS) is 10.7. The molecule has 2 heterocycles. The Morgan fingerprint density at radius 3 is 2.28 bits per heavy atom. The average molecular weight is 267 g/mol. The zero-order valence-corrected chi connectivity index (χ0v) is 10.9. The number of aryl methyl sites for hydroxylation is 3. The third-order valence-corrected chi connectivity index (χ3v) is 2.73. The lowest BCUT2D eigenvalue weighted by molar-refractivity contribution is 0.0696. The fourth-order valence-corrected chi connectivity index (χ4v) is 2.01. The summed E-state index contributed by atoms with van der Waals surface area (Å²) in [6.07, 6.45) is 0. The van der Waals surface area contributed by atoms with Crippen LogP contribution < -0.4 is 0 Å². The van der Waals surface area contributed by atoms with Crippen molar-refractivity contribution >= 4 is 17.6 Å². The van der Waals surface area contributed by atoms with Gasteiger partial charge in [0.2, 0.25) is 0 Å². The van der Waals surface area contributed by atoms with Gasteiger partial charge in [-0.15, -0.1) is 0 Å². The standard InChI is InChI=1S/C11H11ClN4O2/c1-5-4-6(2)14-11(13-5)16-9(12)8(10(17)18)7(3)15-16/h4H,1-3H3,(H,17,18). The lowest BCUT2D eigenvalue weighted by atomic mass is 10.3. The largest absolute Gasteiger partial charge is 0.478 e. The van der Waals surface area contributed by atoms with Crippen LogP contribution in [-0.4, -0.2) is 30.8 Å². The van der Waals surface area contributed by atoms with Gasteiger partial charge in [-0.1, -0.05) is 11.6 Å². The molecule has 0 aromatic carbocycles. The number of carboxylic acid groups (broad SMARTS) is 1. The molecule has 2 aromatic heterocycles. The highest BCUT2D eigenvalue weighted by molar-refractivity contribution is 6.32. The van der Waals surface area contributed by atoms with E-state index in [9.17, 15) is 4.79 Å². The topological polar surface area (TPSA) is 80.9 Å². The molecule has 2 rings (SSSR count). The number of halogens is 1. The second-order valence-electron chi connectivity index (χ2n) is 3.92. The first-order valence-electron chi connectivity index (χ1n) is 5.21. The van der Waals surface area contributed by atoms with Gasteiger partial charge >= 0.3 is 5.97 Å². The molecule has 0 amide bonds. The Morgan fingerprint density at radius 1 is 1.28 bits per heavy atom. The Labute approximate surface area is 108 Å². The van der Waals surface area contributed by atoms with Crippen molar-refractivity contribution in [3.05, 3.63) is 33.9 Å². The average Bonchev–Trinajstić information content (AvgIpc) is 2.52. The van der Waals surface area contributed by atoms with E-state index in [1.165, 1.54) is 4.68 Å². The third kappa shape index (κ3) is 2.06. The maximum absolute atomic E-state index is 11.0. The molecule has 0 radical (unpaired) electrons. The van der Waals surface area contributed by atoms with Gasteiger partial charge in [-0.3, -0.25) is 0 Å². The van der Waals surface area contributed by atoms with Crippen molar-refractivity contribution in [1.82, 2.24) is 19.7 Å². The molecule has 7 heteroatoms. The predicted octanol–water partition coefficient (Wildman–Crippen LogP) is 1.94. The first kappa shape index (κ1) is 12.5. The molecule has 0 saturated heterocycles. The van der Waals surface area contributed by atoms with Crippen molar-refractivity contribution in [2.24, 2.45) is 0 Å². The minimum absolute atomic E-state index is 0.00463. The minimum atomic E-state index is -1.12. The van der Waals surface area contributed by atoms with Crippen LogP contribution in [0.3, 0.4) is 0 Å². The van der Waals surface area contributed by atoms with Gasteiger partial charge in [0.1, 0.15) is 5.56 Å². The third-order valence-electron chi connectivity index (χ3n) is 2.38. The van der Waals surface area contributed by atoms with Gasteiger partial charge in [0.15, 0.2) is 5.15 Å². The molecule has 0 aliphatic rings. The van der Waals surface area contributed by atoms with Crippen molar-refractivity contribution in [2.45, 2.75) is 20.8 Å². The number of hydrogen-bond acceptors (Lipinski definition) is 4. The zero-order chi connectivity index (χ0) is 13.4. The Balaban J connectivity index is 2.65. The highest BCUT2D eigenvalue weighted by Crippen LogP contribution is 2.22. The lowest BCUT2D eigenvalue weighted by Gasteiger charge is -2.03. The summed E-state index contributed by atoms with van der Waals surface area (Å²) in [5.41, 5.74) is 1.83. The van der Waals surface area contributed by atoms with E-state index in [4.69, 9.17) is 16.7 Å². The molecule has 1 N–H and O–H groups in total. The van der Waals surface area contributed by atoms with Gasteiger partial charge in [-0.2, -0.15) is 9.78 Å². The van der Waals surface area contributed by atoms with Crippen molar-refractivity contribution in [2.75, 3.05) is 0 Å². The molecule has 6 nitrogen and oxygen atoms in total.